The van der Waals surface area contributed by atoms with Gasteiger partial charge in [0.25, 0.3) is 0 Å². The molecular formula is C13H18ClIO. The maximum absolute atomic E-state index is 5.79. The van der Waals surface area contributed by atoms with Gasteiger partial charge in [-0.25, -0.2) is 0 Å². The molecule has 1 nitrogen and oxygen atoms in total. The molecule has 0 aliphatic rings. The van der Waals surface area contributed by atoms with Gasteiger partial charge in [-0.05, 0) is 41.5 Å². The van der Waals surface area contributed by atoms with E-state index < -0.39 is 0 Å². The van der Waals surface area contributed by atoms with Gasteiger partial charge in [0, 0.05) is 5.02 Å². The number of hydrogen-bond acceptors (Lipinski definition) is 1. The van der Waals surface area contributed by atoms with Gasteiger partial charge in [-0.15, -0.1) is 0 Å². The fraction of sp³-hybridized carbons (Fsp3) is 0.538. The van der Waals surface area contributed by atoms with Crippen molar-refractivity contribution in [3.8, 4) is 5.75 Å². The topological polar surface area (TPSA) is 9.23 Å². The Morgan fingerprint density at radius 1 is 0.938 bits per heavy atom. The Morgan fingerprint density at radius 2 is 1.56 bits per heavy atom. The van der Waals surface area contributed by atoms with Gasteiger partial charge >= 0.3 is 0 Å². The summed E-state index contributed by atoms with van der Waals surface area (Å²) in [5.74, 6) is 0.914. The molecule has 0 aromatic heterocycles. The molecule has 0 N–H and O–H groups in total. The zero-order valence-corrected chi connectivity index (χ0v) is 12.3. The van der Waals surface area contributed by atoms with E-state index in [0.717, 1.165) is 23.8 Å². The molecule has 16 heavy (non-hydrogen) atoms. The van der Waals surface area contributed by atoms with Gasteiger partial charge in [0.05, 0.1) is 6.61 Å². The first-order valence-electron chi connectivity index (χ1n) is 5.77. The summed E-state index contributed by atoms with van der Waals surface area (Å²) in [7, 11) is 0. The Labute approximate surface area is 117 Å². The summed E-state index contributed by atoms with van der Waals surface area (Å²) in [4.78, 5) is 0. The molecule has 0 aliphatic carbocycles. The summed E-state index contributed by atoms with van der Waals surface area (Å²) in [6.07, 6.45) is 6.43. The number of unbranched alkanes of at least 4 members (excludes halogenated alkanes) is 4. The first-order chi connectivity index (χ1) is 7.83. The number of benzene rings is 1. The average molecular weight is 353 g/mol. The highest BCUT2D eigenvalue weighted by Crippen LogP contribution is 2.16. The third-order valence-corrected chi connectivity index (χ3v) is 3.38. The number of halogens is 2. The minimum Gasteiger partial charge on any atom is -0.494 e. The molecule has 0 saturated heterocycles. The van der Waals surface area contributed by atoms with Crippen molar-refractivity contribution in [2.45, 2.75) is 32.1 Å². The number of ether oxygens (including phenoxy) is 1. The highest BCUT2D eigenvalue weighted by atomic mass is 127. The summed E-state index contributed by atoms with van der Waals surface area (Å²) in [6.45, 7) is 0.811. The van der Waals surface area contributed by atoms with E-state index in [-0.39, 0.29) is 0 Å². The van der Waals surface area contributed by atoms with E-state index in [1.807, 2.05) is 24.3 Å². The van der Waals surface area contributed by atoms with Crippen molar-refractivity contribution in [3.05, 3.63) is 29.3 Å². The molecule has 0 unspecified atom stereocenters. The zero-order valence-electron chi connectivity index (χ0n) is 9.42. The van der Waals surface area contributed by atoms with Crippen molar-refractivity contribution in [3.63, 3.8) is 0 Å². The van der Waals surface area contributed by atoms with E-state index in [1.54, 1.807) is 0 Å². The monoisotopic (exact) mass is 352 g/mol. The summed E-state index contributed by atoms with van der Waals surface area (Å²) in [5, 5.41) is 0.756. The van der Waals surface area contributed by atoms with Crippen LogP contribution in [0.15, 0.2) is 24.3 Å². The predicted octanol–water partition coefficient (Wildman–Crippen LogP) is 5.10. The Bertz CT molecular complexity index is 274. The largest absolute Gasteiger partial charge is 0.494 e. The van der Waals surface area contributed by atoms with Crippen molar-refractivity contribution < 1.29 is 4.74 Å². The summed E-state index contributed by atoms with van der Waals surface area (Å²) < 4.78 is 6.88. The highest BCUT2D eigenvalue weighted by Gasteiger charge is 1.94. The van der Waals surface area contributed by atoms with Gasteiger partial charge in [-0.3, -0.25) is 0 Å². The van der Waals surface area contributed by atoms with Crippen LogP contribution in [-0.2, 0) is 0 Å². The van der Waals surface area contributed by atoms with Crippen molar-refractivity contribution in [2.24, 2.45) is 0 Å². The van der Waals surface area contributed by atoms with E-state index in [4.69, 9.17) is 16.3 Å². The Hall–Kier alpha value is 0.0400. The second-order valence-electron chi connectivity index (χ2n) is 3.76. The quantitative estimate of drug-likeness (QED) is 0.359. The molecule has 0 saturated carbocycles. The first kappa shape index (κ1) is 14.1. The minimum absolute atomic E-state index is 0.756. The van der Waals surface area contributed by atoms with E-state index in [1.165, 1.54) is 30.1 Å². The van der Waals surface area contributed by atoms with Crippen LogP contribution in [0.25, 0.3) is 0 Å². The lowest BCUT2D eigenvalue weighted by Crippen LogP contribution is -1.96. The van der Waals surface area contributed by atoms with Crippen molar-refractivity contribution in [1.82, 2.24) is 0 Å². The predicted molar refractivity (Wildman–Crippen MR) is 78.9 cm³/mol. The molecule has 0 radical (unpaired) electrons. The van der Waals surface area contributed by atoms with Gasteiger partial charge in [0.2, 0.25) is 0 Å². The molecule has 90 valence electrons. The lowest BCUT2D eigenvalue weighted by atomic mass is 10.2. The van der Waals surface area contributed by atoms with Gasteiger partial charge in [0.1, 0.15) is 5.75 Å². The average Bonchev–Trinajstić information content (AvgIpc) is 2.30. The molecule has 3 heteroatoms. The van der Waals surface area contributed by atoms with Gasteiger partial charge in [-0.2, -0.15) is 0 Å². The van der Waals surface area contributed by atoms with E-state index >= 15 is 0 Å². The number of rotatable bonds is 8. The standard InChI is InChI=1S/C13H18ClIO/c14-12-6-8-13(9-7-12)16-11-5-3-1-2-4-10-15/h6-9H,1-5,10-11H2. The van der Waals surface area contributed by atoms with Crippen LogP contribution < -0.4 is 4.74 Å². The summed E-state index contributed by atoms with van der Waals surface area (Å²) in [5.41, 5.74) is 0. The number of alkyl halides is 1. The van der Waals surface area contributed by atoms with Gasteiger partial charge in [0.15, 0.2) is 0 Å². The highest BCUT2D eigenvalue weighted by molar-refractivity contribution is 14.1. The third-order valence-electron chi connectivity index (χ3n) is 2.36. The lowest BCUT2D eigenvalue weighted by molar-refractivity contribution is 0.304. The molecule has 1 aromatic rings. The minimum atomic E-state index is 0.756. The van der Waals surface area contributed by atoms with Crippen LogP contribution in [0.3, 0.4) is 0 Å². The fourth-order valence-electron chi connectivity index (χ4n) is 1.45. The van der Waals surface area contributed by atoms with Crippen molar-refractivity contribution in [1.29, 1.82) is 0 Å². The lowest BCUT2D eigenvalue weighted by Gasteiger charge is -2.05. The van der Waals surface area contributed by atoms with Crippen LogP contribution >= 0.6 is 34.2 Å². The van der Waals surface area contributed by atoms with Crippen LogP contribution in [0.4, 0.5) is 0 Å². The zero-order chi connectivity index (χ0) is 11.6. The smallest absolute Gasteiger partial charge is 0.119 e. The molecule has 1 aromatic carbocycles. The Morgan fingerprint density at radius 3 is 2.25 bits per heavy atom. The molecule has 0 spiro atoms. The normalized spacial score (nSPS) is 10.4. The second kappa shape index (κ2) is 9.11. The second-order valence-corrected chi connectivity index (χ2v) is 5.27. The molecule has 0 amide bonds. The van der Waals surface area contributed by atoms with Gasteiger partial charge in [-0.1, -0.05) is 53.5 Å². The van der Waals surface area contributed by atoms with E-state index in [2.05, 4.69) is 22.6 Å². The fourth-order valence-corrected chi connectivity index (χ4v) is 2.11. The molecule has 0 heterocycles. The SMILES string of the molecule is Clc1ccc(OCCCCCCCI)cc1. The Balaban J connectivity index is 2.01. The van der Waals surface area contributed by atoms with Crippen LogP contribution in [0.1, 0.15) is 32.1 Å². The van der Waals surface area contributed by atoms with Crippen LogP contribution in [0.5, 0.6) is 5.75 Å². The van der Waals surface area contributed by atoms with Crippen molar-refractivity contribution >= 4 is 34.2 Å². The van der Waals surface area contributed by atoms with Crippen molar-refractivity contribution in [2.75, 3.05) is 11.0 Å². The van der Waals surface area contributed by atoms with E-state index in [0.29, 0.717) is 0 Å². The van der Waals surface area contributed by atoms with E-state index in [9.17, 15) is 0 Å². The summed E-state index contributed by atoms with van der Waals surface area (Å²) in [6, 6.07) is 7.55. The molecule has 1 rings (SSSR count). The maximum atomic E-state index is 5.79. The number of hydrogen-bond donors (Lipinski definition) is 0. The Kier molecular flexibility index (Phi) is 8.03. The molecule has 0 bridgehead atoms. The summed E-state index contributed by atoms with van der Waals surface area (Å²) >= 11 is 8.22. The van der Waals surface area contributed by atoms with Gasteiger partial charge < -0.3 is 4.74 Å². The first-order valence-corrected chi connectivity index (χ1v) is 7.67. The van der Waals surface area contributed by atoms with Crippen LogP contribution in [0.2, 0.25) is 5.02 Å². The van der Waals surface area contributed by atoms with Crippen LogP contribution in [-0.4, -0.2) is 11.0 Å². The molecular weight excluding hydrogens is 334 g/mol. The van der Waals surface area contributed by atoms with Crippen LogP contribution in [0, 0.1) is 0 Å². The molecule has 0 fully saturated rings. The molecule has 0 aliphatic heterocycles. The third kappa shape index (κ3) is 6.59. The maximum Gasteiger partial charge on any atom is 0.119 e. The molecule has 0 atom stereocenters.